The molecule has 4 aliphatic rings. The molecule has 7 rings (SSSR count). The van der Waals surface area contributed by atoms with Crippen LogP contribution in [0.2, 0.25) is 0 Å². The average molecular weight is 544 g/mol. The standard InChI is InChI=1S/C30H33N5O5/c1-33-26-11-20(4-5-24(26)32-30(33)38)28(36)34-13-22-15-35(16-23(22)14-34)29(37)21-10-25(19-2-3-19)31-27(12-21)40-17-18-6-8-39-9-7-18/h4-5,10-12,18-19H,2-3,6-9,13-17H2,1H3,(H,32,38). The molecule has 1 N–H and O–H groups in total. The molecular weight excluding hydrogens is 510 g/mol. The summed E-state index contributed by atoms with van der Waals surface area (Å²) >= 11 is 0. The van der Waals surface area contributed by atoms with E-state index < -0.39 is 0 Å². The highest BCUT2D eigenvalue weighted by molar-refractivity contribution is 5.98. The summed E-state index contributed by atoms with van der Waals surface area (Å²) < 4.78 is 13.1. The Kier molecular flexibility index (Phi) is 6.22. The van der Waals surface area contributed by atoms with Crippen LogP contribution in [0, 0.1) is 5.92 Å². The van der Waals surface area contributed by atoms with Crippen molar-refractivity contribution >= 4 is 22.8 Å². The van der Waals surface area contributed by atoms with Gasteiger partial charge in [-0.3, -0.25) is 14.2 Å². The smallest absolute Gasteiger partial charge is 0.326 e. The topological polar surface area (TPSA) is 110 Å². The van der Waals surface area contributed by atoms with Gasteiger partial charge in [0.25, 0.3) is 11.8 Å². The maximum Gasteiger partial charge on any atom is 0.326 e. The number of aromatic amines is 1. The molecule has 3 aromatic rings. The van der Waals surface area contributed by atoms with Crippen LogP contribution in [0.4, 0.5) is 0 Å². The number of pyridine rings is 1. The third-order valence-electron chi connectivity index (χ3n) is 8.63. The molecule has 5 heterocycles. The zero-order valence-electron chi connectivity index (χ0n) is 22.6. The minimum Gasteiger partial charge on any atom is -0.477 e. The number of imidazole rings is 1. The van der Waals surface area contributed by atoms with E-state index in [1.165, 1.54) is 4.57 Å². The summed E-state index contributed by atoms with van der Waals surface area (Å²) in [5.41, 5.74) is 5.58. The van der Waals surface area contributed by atoms with Gasteiger partial charge in [0.15, 0.2) is 0 Å². The summed E-state index contributed by atoms with van der Waals surface area (Å²) in [4.78, 5) is 50.0. The fourth-order valence-electron chi connectivity index (χ4n) is 6.02. The Labute approximate surface area is 231 Å². The molecule has 2 aromatic heterocycles. The van der Waals surface area contributed by atoms with Crippen molar-refractivity contribution in [1.82, 2.24) is 24.3 Å². The predicted octanol–water partition coefficient (Wildman–Crippen LogP) is 2.85. The molecule has 0 radical (unpaired) electrons. The number of rotatable bonds is 6. The number of benzene rings is 1. The second kappa shape index (κ2) is 9.92. The average Bonchev–Trinajstić information content (AvgIpc) is 3.55. The number of hydrogen-bond acceptors (Lipinski definition) is 6. The van der Waals surface area contributed by atoms with Crippen LogP contribution >= 0.6 is 0 Å². The van der Waals surface area contributed by atoms with Gasteiger partial charge in [-0.2, -0.15) is 0 Å². The zero-order valence-corrected chi connectivity index (χ0v) is 22.6. The first-order valence-electron chi connectivity index (χ1n) is 14.1. The minimum atomic E-state index is -0.206. The largest absolute Gasteiger partial charge is 0.477 e. The lowest BCUT2D eigenvalue weighted by atomic mass is 10.0. The first-order chi connectivity index (χ1) is 19.4. The molecule has 1 saturated carbocycles. The number of ether oxygens (including phenoxy) is 2. The Morgan fingerprint density at radius 3 is 2.30 bits per heavy atom. The highest BCUT2D eigenvalue weighted by Crippen LogP contribution is 2.40. The first-order valence-corrected chi connectivity index (χ1v) is 14.1. The van der Waals surface area contributed by atoms with Crippen molar-refractivity contribution < 1.29 is 19.1 Å². The van der Waals surface area contributed by atoms with E-state index in [4.69, 9.17) is 14.5 Å². The van der Waals surface area contributed by atoms with E-state index in [1.807, 2.05) is 15.9 Å². The predicted molar refractivity (Wildman–Crippen MR) is 148 cm³/mol. The molecule has 0 unspecified atom stereocenters. The molecule has 3 aliphatic heterocycles. The van der Waals surface area contributed by atoms with Gasteiger partial charge in [-0.1, -0.05) is 0 Å². The van der Waals surface area contributed by atoms with Gasteiger partial charge in [-0.25, -0.2) is 9.78 Å². The summed E-state index contributed by atoms with van der Waals surface area (Å²) in [5, 5.41) is 0. The number of H-pyrrole nitrogens is 1. The maximum atomic E-state index is 13.6. The lowest BCUT2D eigenvalue weighted by Gasteiger charge is -2.24. The summed E-state index contributed by atoms with van der Waals surface area (Å²) in [5.74, 6) is 1.30. The van der Waals surface area contributed by atoms with Crippen molar-refractivity contribution in [2.45, 2.75) is 31.6 Å². The molecule has 1 aliphatic carbocycles. The number of aryl methyl sites for hydroxylation is 1. The van der Waals surface area contributed by atoms with Gasteiger partial charge in [0, 0.05) is 75.2 Å². The Morgan fingerprint density at radius 2 is 1.62 bits per heavy atom. The van der Waals surface area contributed by atoms with Gasteiger partial charge >= 0.3 is 5.69 Å². The summed E-state index contributed by atoms with van der Waals surface area (Å²) in [6, 6.07) is 9.01. The lowest BCUT2D eigenvalue weighted by molar-refractivity contribution is 0.0490. The molecule has 10 nitrogen and oxygen atoms in total. The van der Waals surface area contributed by atoms with Crippen LogP contribution < -0.4 is 10.4 Å². The SMILES string of the molecule is Cn1c(=O)[nH]c2ccc(C(=O)N3CC4=C(CN(C(=O)c5cc(OCC6CCOCC6)nc(C6CC6)c5)C4)C3)cc21. The van der Waals surface area contributed by atoms with Crippen molar-refractivity contribution in [2.24, 2.45) is 13.0 Å². The fourth-order valence-corrected chi connectivity index (χ4v) is 6.02. The Hall–Kier alpha value is -3.92. The van der Waals surface area contributed by atoms with Crippen LogP contribution in [-0.2, 0) is 11.8 Å². The van der Waals surface area contributed by atoms with E-state index >= 15 is 0 Å². The molecule has 0 spiro atoms. The van der Waals surface area contributed by atoms with Crippen molar-refractivity contribution in [3.8, 4) is 5.88 Å². The molecule has 2 amide bonds. The van der Waals surface area contributed by atoms with Crippen molar-refractivity contribution in [2.75, 3.05) is 46.0 Å². The normalized spacial score (nSPS) is 19.5. The molecule has 0 atom stereocenters. The Bertz CT molecular complexity index is 1580. The molecule has 2 fully saturated rings. The first kappa shape index (κ1) is 25.1. The van der Waals surface area contributed by atoms with Crippen LogP contribution in [0.3, 0.4) is 0 Å². The van der Waals surface area contributed by atoms with Crippen LogP contribution in [-0.4, -0.2) is 82.1 Å². The van der Waals surface area contributed by atoms with Crippen LogP contribution in [0.5, 0.6) is 5.88 Å². The minimum absolute atomic E-state index is 0.0219. The number of nitrogens with one attached hydrogen (secondary N) is 1. The molecule has 40 heavy (non-hydrogen) atoms. The highest BCUT2D eigenvalue weighted by Gasteiger charge is 2.35. The molecule has 1 aromatic carbocycles. The summed E-state index contributed by atoms with van der Waals surface area (Å²) in [6.45, 7) is 4.18. The Balaban J connectivity index is 1.01. The lowest BCUT2D eigenvalue weighted by Crippen LogP contribution is -2.36. The van der Waals surface area contributed by atoms with Gasteiger partial charge in [-0.05, 0) is 67.0 Å². The van der Waals surface area contributed by atoms with Gasteiger partial charge in [0.05, 0.1) is 17.6 Å². The van der Waals surface area contributed by atoms with Gasteiger partial charge < -0.3 is 24.3 Å². The van der Waals surface area contributed by atoms with Crippen LogP contribution in [0.1, 0.15) is 58.0 Å². The number of carbonyl (C=O) groups is 2. The second-order valence-electron chi connectivity index (χ2n) is 11.5. The number of hydrogen-bond donors (Lipinski definition) is 1. The number of fused-ring (bicyclic) bond motifs is 1. The summed E-state index contributed by atoms with van der Waals surface area (Å²) in [6.07, 6.45) is 4.17. The molecule has 10 heteroatoms. The van der Waals surface area contributed by atoms with Crippen molar-refractivity contribution in [3.05, 3.63) is 68.8 Å². The number of nitrogens with zero attached hydrogens (tertiary/aromatic N) is 4. The van der Waals surface area contributed by atoms with E-state index in [0.717, 1.165) is 55.7 Å². The van der Waals surface area contributed by atoms with E-state index in [9.17, 15) is 14.4 Å². The van der Waals surface area contributed by atoms with E-state index in [1.54, 1.807) is 31.3 Å². The molecule has 208 valence electrons. The van der Waals surface area contributed by atoms with E-state index in [2.05, 4.69) is 4.98 Å². The van der Waals surface area contributed by atoms with Crippen LogP contribution in [0.15, 0.2) is 46.3 Å². The molecule has 0 bridgehead atoms. The van der Waals surface area contributed by atoms with Gasteiger partial charge in [0.1, 0.15) is 0 Å². The third kappa shape index (κ3) is 4.70. The number of amides is 2. The van der Waals surface area contributed by atoms with Gasteiger partial charge in [0.2, 0.25) is 5.88 Å². The highest BCUT2D eigenvalue weighted by atomic mass is 16.5. The molecular formula is C30H33N5O5. The quantitative estimate of drug-likeness (QED) is 0.479. The third-order valence-corrected chi connectivity index (χ3v) is 8.63. The monoisotopic (exact) mass is 543 g/mol. The molecule has 1 saturated heterocycles. The summed E-state index contributed by atoms with van der Waals surface area (Å²) in [7, 11) is 1.69. The maximum absolute atomic E-state index is 13.6. The van der Waals surface area contributed by atoms with Gasteiger partial charge in [-0.15, -0.1) is 0 Å². The second-order valence-corrected chi connectivity index (χ2v) is 11.5. The fraction of sp³-hybridized carbons (Fsp3) is 0.467. The van der Waals surface area contributed by atoms with E-state index in [0.29, 0.717) is 72.7 Å². The number of carbonyl (C=O) groups excluding carboxylic acids is 2. The number of aromatic nitrogens is 3. The zero-order chi connectivity index (χ0) is 27.4. The van der Waals surface area contributed by atoms with Crippen LogP contribution in [0.25, 0.3) is 11.0 Å². The van der Waals surface area contributed by atoms with Crippen molar-refractivity contribution in [3.63, 3.8) is 0 Å². The van der Waals surface area contributed by atoms with E-state index in [-0.39, 0.29) is 17.5 Å². The Morgan fingerprint density at radius 1 is 0.950 bits per heavy atom. The van der Waals surface area contributed by atoms with Crippen molar-refractivity contribution in [1.29, 1.82) is 0 Å².